The van der Waals surface area contributed by atoms with Crippen LogP contribution in [0.15, 0.2) is 46.0 Å². The molecule has 3 N–H and O–H groups in total. The van der Waals surface area contributed by atoms with Crippen molar-refractivity contribution in [2.75, 3.05) is 55.5 Å². The lowest BCUT2D eigenvalue weighted by Gasteiger charge is -2.33. The van der Waals surface area contributed by atoms with Gasteiger partial charge in [0.05, 0.1) is 12.2 Å². The Balaban J connectivity index is 1.60. The maximum Gasteiger partial charge on any atom is 0.227 e. The summed E-state index contributed by atoms with van der Waals surface area (Å²) in [7, 11) is 3.87. The third-order valence-corrected chi connectivity index (χ3v) is 6.42. The second-order valence-electron chi connectivity index (χ2n) is 9.50. The molecule has 1 aliphatic carbocycles. The first-order valence-corrected chi connectivity index (χ1v) is 12.3. The van der Waals surface area contributed by atoms with Gasteiger partial charge in [-0.3, -0.25) is 4.99 Å². The average molecular weight is 480 g/mol. The minimum absolute atomic E-state index is 0.303. The second kappa shape index (κ2) is 11.0. The highest BCUT2D eigenvalue weighted by atomic mass is 16.5. The first-order chi connectivity index (χ1) is 16.9. The van der Waals surface area contributed by atoms with Gasteiger partial charge >= 0.3 is 0 Å². The zero-order valence-corrected chi connectivity index (χ0v) is 21.2. The number of likely N-dealkylation sites (N-methyl/N-ethyl adjacent to an activating group) is 1. The Morgan fingerprint density at radius 3 is 2.63 bits per heavy atom. The average Bonchev–Trinajstić information content (AvgIpc) is 3.59. The number of aliphatic imine (C=N–C) groups is 1. The van der Waals surface area contributed by atoms with E-state index in [1.54, 1.807) is 7.05 Å². The molecule has 35 heavy (non-hydrogen) atoms. The van der Waals surface area contributed by atoms with Crippen LogP contribution >= 0.6 is 0 Å². The van der Waals surface area contributed by atoms with E-state index in [2.05, 4.69) is 52.7 Å². The Labute approximate surface area is 207 Å². The highest BCUT2D eigenvalue weighted by Crippen LogP contribution is 2.37. The highest BCUT2D eigenvalue weighted by molar-refractivity contribution is 6.05. The molecule has 1 saturated heterocycles. The summed E-state index contributed by atoms with van der Waals surface area (Å²) < 4.78 is 5.47. The predicted octanol–water partition coefficient (Wildman–Crippen LogP) is 3.18. The van der Waals surface area contributed by atoms with Crippen LogP contribution in [0.3, 0.4) is 0 Å². The number of hydrazine groups is 1. The van der Waals surface area contributed by atoms with Crippen molar-refractivity contribution in [3.8, 4) is 0 Å². The molecule has 10 nitrogen and oxygen atoms in total. The quantitative estimate of drug-likeness (QED) is 0.184. The number of allylic oxidation sites excluding steroid dienone is 2. The number of hydrogen-bond donors (Lipinski definition) is 2. The van der Waals surface area contributed by atoms with Crippen molar-refractivity contribution < 1.29 is 4.52 Å². The zero-order chi connectivity index (χ0) is 24.9. The van der Waals surface area contributed by atoms with Crippen LogP contribution in [0.2, 0.25) is 0 Å². The van der Waals surface area contributed by atoms with E-state index < -0.39 is 0 Å². The van der Waals surface area contributed by atoms with Crippen molar-refractivity contribution in [1.82, 2.24) is 20.0 Å². The largest absolute Gasteiger partial charge is 0.359 e. The lowest BCUT2D eigenvalue weighted by molar-refractivity contribution is 0.312. The van der Waals surface area contributed by atoms with E-state index in [1.165, 1.54) is 17.9 Å². The van der Waals surface area contributed by atoms with E-state index in [1.807, 2.05) is 24.3 Å². The number of anilines is 3. The van der Waals surface area contributed by atoms with Crippen LogP contribution < -0.4 is 21.1 Å². The van der Waals surface area contributed by atoms with Gasteiger partial charge in [0.25, 0.3) is 0 Å². The van der Waals surface area contributed by atoms with Crippen LogP contribution in [0.25, 0.3) is 0 Å². The fourth-order valence-corrected chi connectivity index (χ4v) is 3.94. The van der Waals surface area contributed by atoms with Gasteiger partial charge < -0.3 is 19.6 Å². The fraction of sp³-hybridized carbons (Fsp3) is 0.520. The number of aromatic nitrogens is 3. The van der Waals surface area contributed by atoms with E-state index in [-0.39, 0.29) is 0 Å². The molecule has 0 amide bonds. The van der Waals surface area contributed by atoms with Crippen LogP contribution in [0.4, 0.5) is 17.6 Å². The van der Waals surface area contributed by atoms with Crippen molar-refractivity contribution in [3.05, 3.63) is 47.9 Å². The van der Waals surface area contributed by atoms with Crippen molar-refractivity contribution in [3.63, 3.8) is 0 Å². The smallest absolute Gasteiger partial charge is 0.227 e. The molecule has 0 radical (unpaired) electrons. The van der Waals surface area contributed by atoms with Crippen molar-refractivity contribution in [2.45, 2.75) is 39.2 Å². The molecule has 188 valence electrons. The van der Waals surface area contributed by atoms with Gasteiger partial charge in [0.1, 0.15) is 11.7 Å². The normalized spacial score (nSPS) is 17.7. The van der Waals surface area contributed by atoms with Gasteiger partial charge in [0.15, 0.2) is 11.6 Å². The van der Waals surface area contributed by atoms with E-state index in [9.17, 15) is 0 Å². The fourth-order valence-electron chi connectivity index (χ4n) is 3.94. The summed E-state index contributed by atoms with van der Waals surface area (Å²) in [4.78, 5) is 18.5. The number of amidine groups is 1. The molecule has 2 fully saturated rings. The number of nitrogens with two attached hydrogens (primary N) is 1. The van der Waals surface area contributed by atoms with Crippen molar-refractivity contribution in [1.29, 1.82) is 0 Å². The molecule has 0 atom stereocenters. The summed E-state index contributed by atoms with van der Waals surface area (Å²) in [6, 6.07) is 3.88. The van der Waals surface area contributed by atoms with Gasteiger partial charge in [-0.05, 0) is 43.4 Å². The Morgan fingerprint density at radius 1 is 1.29 bits per heavy atom. The Bertz CT molecular complexity index is 1080. The molecule has 4 rings (SSSR count). The SMILES string of the molecule is C=C/C(=C\C(=N/C)N(N)c1cc(N2CCN(C)CC2)nc(NCc2cc(C(C)C)no2)n1)C1CC1. The summed E-state index contributed by atoms with van der Waals surface area (Å²) in [5, 5.41) is 8.94. The molecule has 3 heterocycles. The molecular weight excluding hydrogens is 442 g/mol. The second-order valence-corrected chi connectivity index (χ2v) is 9.50. The third-order valence-electron chi connectivity index (χ3n) is 6.42. The predicted molar refractivity (Wildman–Crippen MR) is 141 cm³/mol. The van der Waals surface area contributed by atoms with Crippen LogP contribution in [0.5, 0.6) is 0 Å². The first kappa shape index (κ1) is 24.9. The molecule has 10 heteroatoms. The Morgan fingerprint density at radius 2 is 2.03 bits per heavy atom. The van der Waals surface area contributed by atoms with Crippen LogP contribution in [-0.4, -0.2) is 66.1 Å². The summed E-state index contributed by atoms with van der Waals surface area (Å²) >= 11 is 0. The first-order valence-electron chi connectivity index (χ1n) is 12.3. The summed E-state index contributed by atoms with van der Waals surface area (Å²) in [5.74, 6) is 10.6. The number of nitrogens with zero attached hydrogens (tertiary/aromatic N) is 7. The monoisotopic (exact) mass is 479 g/mol. The maximum absolute atomic E-state index is 6.56. The molecule has 0 unspecified atom stereocenters. The minimum Gasteiger partial charge on any atom is -0.359 e. The molecule has 2 aromatic rings. The molecule has 1 aliphatic heterocycles. The summed E-state index contributed by atoms with van der Waals surface area (Å²) in [6.45, 7) is 12.3. The van der Waals surface area contributed by atoms with Gasteiger partial charge in [-0.1, -0.05) is 31.7 Å². The molecule has 0 aromatic carbocycles. The molecular formula is C25H37N9O. The Kier molecular flexibility index (Phi) is 7.82. The summed E-state index contributed by atoms with van der Waals surface area (Å²) in [5.41, 5.74) is 2.08. The minimum atomic E-state index is 0.303. The van der Waals surface area contributed by atoms with Crippen LogP contribution in [0.1, 0.15) is 44.1 Å². The third kappa shape index (κ3) is 6.26. The lowest BCUT2D eigenvalue weighted by atomic mass is 10.1. The molecule has 2 aromatic heterocycles. The van der Waals surface area contributed by atoms with Gasteiger partial charge in [-0.15, -0.1) is 0 Å². The van der Waals surface area contributed by atoms with Gasteiger partial charge in [-0.25, -0.2) is 10.9 Å². The number of nitrogens with one attached hydrogen (secondary N) is 1. The number of piperazine rings is 1. The van der Waals surface area contributed by atoms with E-state index in [4.69, 9.17) is 20.3 Å². The molecule has 0 spiro atoms. The Hall–Kier alpha value is -3.24. The van der Waals surface area contributed by atoms with E-state index >= 15 is 0 Å². The summed E-state index contributed by atoms with van der Waals surface area (Å²) in [6.07, 6.45) is 6.24. The van der Waals surface area contributed by atoms with Gasteiger partial charge in [0, 0.05) is 45.4 Å². The van der Waals surface area contributed by atoms with Gasteiger partial charge in [0.2, 0.25) is 5.95 Å². The van der Waals surface area contributed by atoms with Gasteiger partial charge in [-0.2, -0.15) is 9.97 Å². The van der Waals surface area contributed by atoms with Crippen molar-refractivity contribution in [2.24, 2.45) is 16.8 Å². The topological polar surface area (TPSA) is 112 Å². The zero-order valence-electron chi connectivity index (χ0n) is 21.2. The number of hydrogen-bond acceptors (Lipinski definition) is 9. The highest BCUT2D eigenvalue weighted by Gasteiger charge is 2.25. The van der Waals surface area contributed by atoms with Crippen LogP contribution in [0, 0.1) is 5.92 Å². The molecule has 1 saturated carbocycles. The van der Waals surface area contributed by atoms with Crippen molar-refractivity contribution >= 4 is 23.4 Å². The lowest BCUT2D eigenvalue weighted by Crippen LogP contribution is -2.45. The standard InChI is InChI=1S/C25H37N9O/c1-6-18(19-7-8-19)13-22(27-4)34(26)24-15-23(33-11-9-32(5)10-12-33)29-25(30-24)28-16-20-14-21(17(2)3)31-35-20/h6,13-15,17,19H,1,7-12,16,26H2,2-5H3,(H,28,29,30)/b18-13+,27-22+. The molecule has 2 aliphatic rings. The van der Waals surface area contributed by atoms with Crippen LogP contribution in [-0.2, 0) is 6.54 Å². The van der Waals surface area contributed by atoms with E-state index in [0.717, 1.165) is 49.0 Å². The van der Waals surface area contributed by atoms with E-state index in [0.29, 0.717) is 36.0 Å². The maximum atomic E-state index is 6.56. The molecule has 0 bridgehead atoms. The number of rotatable bonds is 9.